The predicted octanol–water partition coefficient (Wildman–Crippen LogP) is 3.64. The van der Waals surface area contributed by atoms with E-state index in [4.69, 9.17) is 4.74 Å². The molecule has 0 saturated heterocycles. The van der Waals surface area contributed by atoms with E-state index in [9.17, 15) is 4.79 Å². The normalized spacial score (nSPS) is 10.9. The van der Waals surface area contributed by atoms with E-state index in [1.54, 1.807) is 23.4 Å². The van der Waals surface area contributed by atoms with E-state index in [1.807, 2.05) is 49.6 Å². The van der Waals surface area contributed by atoms with Crippen LogP contribution < -0.4 is 10.1 Å². The Morgan fingerprint density at radius 1 is 1.26 bits per heavy atom. The average molecular weight is 378 g/mol. The average Bonchev–Trinajstić information content (AvgIpc) is 3.34. The lowest BCUT2D eigenvalue weighted by Gasteiger charge is -2.12. The molecule has 1 N–H and O–H groups in total. The van der Waals surface area contributed by atoms with E-state index in [1.165, 1.54) is 11.3 Å². The van der Waals surface area contributed by atoms with Crippen LogP contribution in [0.25, 0.3) is 21.3 Å². The Morgan fingerprint density at radius 3 is 2.89 bits per heavy atom. The molecule has 4 rings (SSSR count). The van der Waals surface area contributed by atoms with Crippen molar-refractivity contribution in [1.29, 1.82) is 0 Å². The smallest absolute Gasteiger partial charge is 0.271 e. The molecular formula is C20H18N4O2S. The minimum Gasteiger partial charge on any atom is -0.496 e. The fourth-order valence-corrected chi connectivity index (χ4v) is 3.77. The van der Waals surface area contributed by atoms with Crippen molar-refractivity contribution in [2.75, 3.05) is 7.11 Å². The maximum atomic E-state index is 12.6. The summed E-state index contributed by atoms with van der Waals surface area (Å²) in [4.78, 5) is 17.0. The molecule has 0 bridgehead atoms. The molecule has 27 heavy (non-hydrogen) atoms. The van der Waals surface area contributed by atoms with Gasteiger partial charge in [0.15, 0.2) is 0 Å². The zero-order valence-electron chi connectivity index (χ0n) is 15.0. The maximum Gasteiger partial charge on any atom is 0.271 e. The molecule has 0 unspecified atom stereocenters. The van der Waals surface area contributed by atoms with Gasteiger partial charge >= 0.3 is 0 Å². The van der Waals surface area contributed by atoms with E-state index in [0.29, 0.717) is 12.2 Å². The van der Waals surface area contributed by atoms with Crippen molar-refractivity contribution in [3.8, 4) is 16.3 Å². The molecule has 0 atom stereocenters. The molecule has 0 spiro atoms. The predicted molar refractivity (Wildman–Crippen MR) is 106 cm³/mol. The molecule has 0 aliphatic rings. The van der Waals surface area contributed by atoms with Crippen molar-refractivity contribution in [2.24, 2.45) is 7.05 Å². The van der Waals surface area contributed by atoms with Gasteiger partial charge in [-0.3, -0.25) is 9.48 Å². The van der Waals surface area contributed by atoms with Crippen LogP contribution >= 0.6 is 11.3 Å². The molecule has 0 saturated carbocycles. The van der Waals surface area contributed by atoms with Gasteiger partial charge in [-0.05, 0) is 16.8 Å². The van der Waals surface area contributed by atoms with Crippen molar-refractivity contribution in [2.45, 2.75) is 6.54 Å². The number of aryl methyl sites for hydroxylation is 1. The monoisotopic (exact) mass is 378 g/mol. The molecule has 136 valence electrons. The van der Waals surface area contributed by atoms with Crippen LogP contribution in [0.5, 0.6) is 5.75 Å². The molecule has 2 heterocycles. The summed E-state index contributed by atoms with van der Waals surface area (Å²) in [6, 6.07) is 12.0. The minimum absolute atomic E-state index is 0.212. The number of hydrogen-bond acceptors (Lipinski definition) is 5. The Bertz CT molecular complexity index is 1120. The zero-order valence-corrected chi connectivity index (χ0v) is 15.8. The zero-order chi connectivity index (χ0) is 18.8. The number of thiazole rings is 1. The first-order valence-electron chi connectivity index (χ1n) is 8.43. The number of amides is 1. The van der Waals surface area contributed by atoms with Gasteiger partial charge in [-0.15, -0.1) is 11.3 Å². The third kappa shape index (κ3) is 3.41. The number of rotatable bonds is 5. The number of aromatic nitrogens is 3. The fourth-order valence-electron chi connectivity index (χ4n) is 2.99. The Balaban J connectivity index is 1.55. The Labute approximate surface area is 160 Å². The maximum absolute atomic E-state index is 12.6. The molecule has 4 aromatic rings. The van der Waals surface area contributed by atoms with E-state index in [2.05, 4.69) is 15.4 Å². The van der Waals surface area contributed by atoms with Gasteiger partial charge < -0.3 is 10.1 Å². The van der Waals surface area contributed by atoms with Gasteiger partial charge in [-0.2, -0.15) is 5.10 Å². The van der Waals surface area contributed by atoms with Crippen molar-refractivity contribution < 1.29 is 9.53 Å². The second-order valence-corrected chi connectivity index (χ2v) is 6.95. The fraction of sp³-hybridized carbons (Fsp3) is 0.150. The van der Waals surface area contributed by atoms with Crippen LogP contribution in [0.1, 0.15) is 16.1 Å². The summed E-state index contributed by atoms with van der Waals surface area (Å²) in [5.74, 6) is 0.541. The highest BCUT2D eigenvalue weighted by Gasteiger charge is 2.14. The van der Waals surface area contributed by atoms with Gasteiger partial charge in [-0.1, -0.05) is 30.3 Å². The number of nitrogens with zero attached hydrogens (tertiary/aromatic N) is 3. The molecule has 0 aliphatic heterocycles. The molecule has 0 fully saturated rings. The highest BCUT2D eigenvalue weighted by molar-refractivity contribution is 7.13. The number of hydrogen-bond donors (Lipinski definition) is 1. The van der Waals surface area contributed by atoms with Crippen LogP contribution in [-0.2, 0) is 13.6 Å². The standard InChI is InChI=1S/C20H18N4O2S/c1-24-11-14(9-22-24)20-23-17(12-27-20)19(25)21-10-16-15-6-4-3-5-13(15)7-8-18(16)26-2/h3-9,11-12H,10H2,1-2H3,(H,21,25). The highest BCUT2D eigenvalue weighted by Crippen LogP contribution is 2.28. The van der Waals surface area contributed by atoms with Gasteiger partial charge in [0, 0.05) is 36.3 Å². The number of carbonyl (C=O) groups excluding carboxylic acids is 1. The Kier molecular flexibility index (Phi) is 4.60. The molecule has 7 heteroatoms. The van der Waals surface area contributed by atoms with Crippen molar-refractivity contribution in [3.05, 3.63) is 65.4 Å². The van der Waals surface area contributed by atoms with E-state index in [-0.39, 0.29) is 5.91 Å². The molecule has 6 nitrogen and oxygen atoms in total. The van der Waals surface area contributed by atoms with Crippen LogP contribution in [-0.4, -0.2) is 27.8 Å². The third-order valence-corrected chi connectivity index (χ3v) is 5.22. The first-order valence-corrected chi connectivity index (χ1v) is 9.31. The van der Waals surface area contributed by atoms with Crippen LogP contribution in [0.2, 0.25) is 0 Å². The lowest BCUT2D eigenvalue weighted by atomic mass is 10.0. The van der Waals surface area contributed by atoms with Gasteiger partial charge in [0.05, 0.1) is 13.3 Å². The summed E-state index contributed by atoms with van der Waals surface area (Å²) in [7, 11) is 3.48. The molecular weight excluding hydrogens is 360 g/mol. The van der Waals surface area contributed by atoms with Crippen LogP contribution in [0.15, 0.2) is 54.2 Å². The van der Waals surface area contributed by atoms with Gasteiger partial charge in [-0.25, -0.2) is 4.98 Å². The molecule has 2 aromatic carbocycles. The van der Waals surface area contributed by atoms with Crippen LogP contribution in [0.3, 0.4) is 0 Å². The summed E-state index contributed by atoms with van der Waals surface area (Å²) in [6.07, 6.45) is 3.61. The van der Waals surface area contributed by atoms with E-state index >= 15 is 0 Å². The number of fused-ring (bicyclic) bond motifs is 1. The quantitative estimate of drug-likeness (QED) is 0.576. The van der Waals surface area contributed by atoms with Gasteiger partial charge in [0.25, 0.3) is 5.91 Å². The summed E-state index contributed by atoms with van der Waals surface area (Å²) in [6.45, 7) is 0.364. The van der Waals surface area contributed by atoms with E-state index < -0.39 is 0 Å². The van der Waals surface area contributed by atoms with Crippen molar-refractivity contribution >= 4 is 28.0 Å². The Hall–Kier alpha value is -3.19. The topological polar surface area (TPSA) is 69.0 Å². The second kappa shape index (κ2) is 7.20. The van der Waals surface area contributed by atoms with Crippen LogP contribution in [0, 0.1) is 0 Å². The Morgan fingerprint density at radius 2 is 2.11 bits per heavy atom. The number of methoxy groups -OCH3 is 1. The summed E-state index contributed by atoms with van der Waals surface area (Å²) in [5, 5.41) is 11.8. The van der Waals surface area contributed by atoms with Crippen molar-refractivity contribution in [1.82, 2.24) is 20.1 Å². The molecule has 0 aliphatic carbocycles. The van der Waals surface area contributed by atoms with Gasteiger partial charge in [0.2, 0.25) is 0 Å². The number of benzene rings is 2. The van der Waals surface area contributed by atoms with Gasteiger partial charge in [0.1, 0.15) is 16.5 Å². The minimum atomic E-state index is -0.212. The first-order chi connectivity index (χ1) is 13.2. The summed E-state index contributed by atoms with van der Waals surface area (Å²) >= 11 is 1.43. The van der Waals surface area contributed by atoms with Crippen molar-refractivity contribution in [3.63, 3.8) is 0 Å². The number of carbonyl (C=O) groups is 1. The molecule has 0 radical (unpaired) electrons. The lowest BCUT2D eigenvalue weighted by molar-refractivity contribution is 0.0946. The number of ether oxygens (including phenoxy) is 1. The van der Waals surface area contributed by atoms with Crippen LogP contribution in [0.4, 0.5) is 0 Å². The lowest BCUT2D eigenvalue weighted by Crippen LogP contribution is -2.23. The molecule has 2 aromatic heterocycles. The molecule has 1 amide bonds. The SMILES string of the molecule is COc1ccc2ccccc2c1CNC(=O)c1csc(-c2cnn(C)c2)n1. The summed E-state index contributed by atoms with van der Waals surface area (Å²) < 4.78 is 7.19. The van der Waals surface area contributed by atoms with E-state index in [0.717, 1.165) is 32.7 Å². The first kappa shape index (κ1) is 17.2. The highest BCUT2D eigenvalue weighted by atomic mass is 32.1. The largest absolute Gasteiger partial charge is 0.496 e. The number of nitrogens with one attached hydrogen (secondary N) is 1. The second-order valence-electron chi connectivity index (χ2n) is 6.09. The summed E-state index contributed by atoms with van der Waals surface area (Å²) in [5.41, 5.74) is 2.25. The third-order valence-electron chi connectivity index (χ3n) is 4.33.